The molecule has 0 radical (unpaired) electrons. The molecule has 1 amide bonds. The summed E-state index contributed by atoms with van der Waals surface area (Å²) in [5.41, 5.74) is 2.55. The lowest BCUT2D eigenvalue weighted by atomic mass is 9.96. The van der Waals surface area contributed by atoms with E-state index in [9.17, 15) is 14.7 Å². The molecule has 4 nitrogen and oxygen atoms in total. The minimum absolute atomic E-state index is 0.00632. The zero-order valence-electron chi connectivity index (χ0n) is 12.1. The Morgan fingerprint density at radius 1 is 1.05 bits per heavy atom. The summed E-state index contributed by atoms with van der Waals surface area (Å²) >= 11 is 0. The van der Waals surface area contributed by atoms with Gasteiger partial charge in [0, 0.05) is 29.7 Å². The highest BCUT2D eigenvalue weighted by atomic mass is 16.4. The number of hydrogen-bond acceptors (Lipinski definition) is 3. The molecule has 0 aliphatic carbocycles. The standard InChI is InChI=1S/C18H17NO3/c20-17(21)11-10-14-12-19(16-9-5-4-8-15(14)16)18(22)13-6-2-1-3-7-13/h1-9,14H,10-12H2,(H,20,21)/p-1. The highest BCUT2D eigenvalue weighted by molar-refractivity contribution is 6.07. The van der Waals surface area contributed by atoms with Crippen LogP contribution in [-0.4, -0.2) is 18.4 Å². The molecule has 1 atom stereocenters. The van der Waals surface area contributed by atoms with Crippen molar-refractivity contribution in [1.29, 1.82) is 0 Å². The summed E-state index contributed by atoms with van der Waals surface area (Å²) in [6.07, 6.45) is 0.490. The fourth-order valence-corrected chi connectivity index (χ4v) is 2.96. The van der Waals surface area contributed by atoms with Crippen LogP contribution in [-0.2, 0) is 4.79 Å². The number of hydrogen-bond donors (Lipinski definition) is 0. The first-order chi connectivity index (χ1) is 10.7. The first kappa shape index (κ1) is 14.3. The number of para-hydroxylation sites is 1. The lowest BCUT2D eigenvalue weighted by Gasteiger charge is -2.18. The third-order valence-electron chi connectivity index (χ3n) is 4.03. The minimum Gasteiger partial charge on any atom is -0.550 e. The number of anilines is 1. The number of nitrogens with zero attached hydrogens (tertiary/aromatic N) is 1. The Balaban J connectivity index is 1.88. The fraction of sp³-hybridized carbons (Fsp3) is 0.222. The van der Waals surface area contributed by atoms with Crippen LogP contribution in [0.3, 0.4) is 0 Å². The molecule has 0 fully saturated rings. The molecular formula is C18H16NO3-. The summed E-state index contributed by atoms with van der Waals surface area (Å²) in [6, 6.07) is 16.8. The second-order valence-electron chi connectivity index (χ2n) is 5.45. The lowest BCUT2D eigenvalue weighted by Crippen LogP contribution is -2.30. The van der Waals surface area contributed by atoms with E-state index < -0.39 is 5.97 Å². The van der Waals surface area contributed by atoms with Crippen molar-refractivity contribution in [3.05, 3.63) is 65.7 Å². The molecule has 22 heavy (non-hydrogen) atoms. The Morgan fingerprint density at radius 3 is 2.45 bits per heavy atom. The van der Waals surface area contributed by atoms with Gasteiger partial charge < -0.3 is 14.8 Å². The van der Waals surface area contributed by atoms with Gasteiger partial charge in [0.2, 0.25) is 0 Å². The average molecular weight is 294 g/mol. The normalized spacial score (nSPS) is 16.4. The molecule has 4 heteroatoms. The van der Waals surface area contributed by atoms with E-state index in [1.165, 1.54) is 0 Å². The van der Waals surface area contributed by atoms with Gasteiger partial charge in [-0.15, -0.1) is 0 Å². The Kier molecular flexibility index (Phi) is 3.92. The molecule has 0 aromatic heterocycles. The molecule has 2 aromatic carbocycles. The third kappa shape index (κ3) is 2.72. The predicted octanol–water partition coefficient (Wildman–Crippen LogP) is 1.96. The van der Waals surface area contributed by atoms with E-state index in [-0.39, 0.29) is 18.2 Å². The maximum atomic E-state index is 12.7. The number of fused-ring (bicyclic) bond motifs is 1. The molecule has 0 saturated heterocycles. The molecule has 1 unspecified atom stereocenters. The van der Waals surface area contributed by atoms with Gasteiger partial charge in [0.15, 0.2) is 0 Å². The molecule has 112 valence electrons. The number of amides is 1. The van der Waals surface area contributed by atoms with Crippen LogP contribution < -0.4 is 10.0 Å². The van der Waals surface area contributed by atoms with Gasteiger partial charge in [-0.2, -0.15) is 0 Å². The second-order valence-corrected chi connectivity index (χ2v) is 5.45. The van der Waals surface area contributed by atoms with Crippen molar-refractivity contribution < 1.29 is 14.7 Å². The zero-order valence-corrected chi connectivity index (χ0v) is 12.1. The summed E-state index contributed by atoms with van der Waals surface area (Å²) in [5.74, 6) is -1.06. The summed E-state index contributed by atoms with van der Waals surface area (Å²) < 4.78 is 0. The Bertz CT molecular complexity index is 696. The Morgan fingerprint density at radius 2 is 1.73 bits per heavy atom. The second kappa shape index (κ2) is 6.02. The van der Waals surface area contributed by atoms with E-state index in [1.807, 2.05) is 42.5 Å². The van der Waals surface area contributed by atoms with Gasteiger partial charge in [0.1, 0.15) is 0 Å². The van der Waals surface area contributed by atoms with Crippen LogP contribution in [0.2, 0.25) is 0 Å². The van der Waals surface area contributed by atoms with E-state index >= 15 is 0 Å². The summed E-state index contributed by atoms with van der Waals surface area (Å²) in [4.78, 5) is 25.1. The quantitative estimate of drug-likeness (QED) is 0.866. The predicted molar refractivity (Wildman–Crippen MR) is 81.5 cm³/mol. The van der Waals surface area contributed by atoms with Crippen LogP contribution in [0.15, 0.2) is 54.6 Å². The van der Waals surface area contributed by atoms with Crippen molar-refractivity contribution in [2.24, 2.45) is 0 Å². The van der Waals surface area contributed by atoms with Crippen molar-refractivity contribution in [3.63, 3.8) is 0 Å². The number of carbonyl (C=O) groups is 2. The highest BCUT2D eigenvalue weighted by Crippen LogP contribution is 2.39. The minimum atomic E-state index is -1.05. The van der Waals surface area contributed by atoms with Gasteiger partial charge in [0.05, 0.1) is 0 Å². The monoisotopic (exact) mass is 294 g/mol. The average Bonchev–Trinajstić information content (AvgIpc) is 2.92. The summed E-state index contributed by atoms with van der Waals surface area (Å²) in [6.45, 7) is 0.514. The van der Waals surface area contributed by atoms with Crippen LogP contribution in [0.25, 0.3) is 0 Å². The van der Waals surface area contributed by atoms with Crippen LogP contribution in [0.1, 0.15) is 34.7 Å². The van der Waals surface area contributed by atoms with Crippen molar-refractivity contribution in [2.75, 3.05) is 11.4 Å². The molecule has 1 heterocycles. The number of carbonyl (C=O) groups excluding carboxylic acids is 2. The lowest BCUT2D eigenvalue weighted by molar-refractivity contribution is -0.305. The van der Waals surface area contributed by atoms with Crippen LogP contribution in [0.5, 0.6) is 0 Å². The number of aliphatic carboxylic acids is 1. The third-order valence-corrected chi connectivity index (χ3v) is 4.03. The molecule has 0 bridgehead atoms. The van der Waals surface area contributed by atoms with Gasteiger partial charge in [-0.1, -0.05) is 36.4 Å². The zero-order chi connectivity index (χ0) is 15.5. The molecule has 0 saturated carbocycles. The SMILES string of the molecule is O=C([O-])CCC1CN(C(=O)c2ccccc2)c2ccccc21. The Hall–Kier alpha value is -2.62. The summed E-state index contributed by atoms with van der Waals surface area (Å²) in [7, 11) is 0. The number of rotatable bonds is 4. The maximum absolute atomic E-state index is 12.7. The molecule has 0 spiro atoms. The maximum Gasteiger partial charge on any atom is 0.258 e. The van der Waals surface area contributed by atoms with Crippen molar-refractivity contribution >= 4 is 17.6 Å². The molecule has 2 aromatic rings. The molecule has 3 rings (SSSR count). The van der Waals surface area contributed by atoms with E-state index in [0.717, 1.165) is 11.3 Å². The van der Waals surface area contributed by atoms with Crippen LogP contribution in [0, 0.1) is 0 Å². The van der Waals surface area contributed by atoms with Crippen molar-refractivity contribution in [3.8, 4) is 0 Å². The number of carboxylic acids is 1. The first-order valence-corrected chi connectivity index (χ1v) is 7.32. The van der Waals surface area contributed by atoms with E-state index in [1.54, 1.807) is 17.0 Å². The summed E-state index contributed by atoms with van der Waals surface area (Å²) in [5, 5.41) is 10.7. The molecule has 1 aliphatic heterocycles. The van der Waals surface area contributed by atoms with Gasteiger partial charge in [0.25, 0.3) is 5.91 Å². The fourth-order valence-electron chi connectivity index (χ4n) is 2.96. The van der Waals surface area contributed by atoms with Gasteiger partial charge in [-0.3, -0.25) is 4.79 Å². The van der Waals surface area contributed by atoms with Crippen molar-refractivity contribution in [1.82, 2.24) is 0 Å². The van der Waals surface area contributed by atoms with Gasteiger partial charge in [-0.25, -0.2) is 0 Å². The number of carboxylic acid groups (broad SMARTS) is 1. The largest absolute Gasteiger partial charge is 0.550 e. The molecular weight excluding hydrogens is 278 g/mol. The number of benzene rings is 2. The smallest absolute Gasteiger partial charge is 0.258 e. The van der Waals surface area contributed by atoms with Crippen molar-refractivity contribution in [2.45, 2.75) is 18.8 Å². The topological polar surface area (TPSA) is 60.4 Å². The highest BCUT2D eigenvalue weighted by Gasteiger charge is 2.32. The van der Waals surface area contributed by atoms with Crippen LogP contribution >= 0.6 is 0 Å². The Labute approximate surface area is 129 Å². The van der Waals surface area contributed by atoms with Gasteiger partial charge >= 0.3 is 0 Å². The first-order valence-electron chi connectivity index (χ1n) is 7.32. The van der Waals surface area contributed by atoms with E-state index in [2.05, 4.69) is 0 Å². The molecule has 0 N–H and O–H groups in total. The van der Waals surface area contributed by atoms with Gasteiger partial charge in [-0.05, 0) is 36.6 Å². The van der Waals surface area contributed by atoms with Crippen LogP contribution in [0.4, 0.5) is 5.69 Å². The van der Waals surface area contributed by atoms with E-state index in [0.29, 0.717) is 18.5 Å². The van der Waals surface area contributed by atoms with E-state index in [4.69, 9.17) is 0 Å². The molecule has 1 aliphatic rings.